The van der Waals surface area contributed by atoms with E-state index in [1.165, 1.54) is 6.07 Å². The highest BCUT2D eigenvalue weighted by molar-refractivity contribution is 5.85. The van der Waals surface area contributed by atoms with Gasteiger partial charge in [-0.25, -0.2) is 4.39 Å². The zero-order valence-electron chi connectivity index (χ0n) is 16.1. The number of aliphatic hydroxyl groups is 1. The summed E-state index contributed by atoms with van der Waals surface area (Å²) in [6.07, 6.45) is -0.337. The molecule has 0 aliphatic heterocycles. The first kappa shape index (κ1) is 26.4. The van der Waals surface area contributed by atoms with Gasteiger partial charge in [-0.1, -0.05) is 24.3 Å². The summed E-state index contributed by atoms with van der Waals surface area (Å²) in [5, 5.41) is 15.6. The summed E-state index contributed by atoms with van der Waals surface area (Å²) in [4.78, 5) is 0. The van der Waals surface area contributed by atoms with Crippen LogP contribution in [0.15, 0.2) is 42.5 Å². The van der Waals surface area contributed by atoms with Crippen LogP contribution in [0, 0.1) is 5.82 Å². The third-order valence-corrected chi connectivity index (χ3v) is 3.82. The Morgan fingerprint density at radius 2 is 1.75 bits per heavy atom. The van der Waals surface area contributed by atoms with E-state index in [1.54, 1.807) is 32.2 Å². The Balaban J connectivity index is 0.00000364. The van der Waals surface area contributed by atoms with E-state index in [0.29, 0.717) is 30.2 Å². The average Bonchev–Trinajstić information content (AvgIpc) is 2.64. The van der Waals surface area contributed by atoms with Crippen LogP contribution < -0.4 is 20.1 Å². The number of hydrogen-bond acceptors (Lipinski definition) is 5. The molecule has 0 aliphatic rings. The van der Waals surface area contributed by atoms with Gasteiger partial charge in [-0.05, 0) is 30.7 Å². The lowest BCUT2D eigenvalue weighted by Gasteiger charge is -2.13. The fraction of sp³-hybridized carbons (Fsp3) is 0.400. The highest BCUT2D eigenvalue weighted by Gasteiger charge is 2.08. The van der Waals surface area contributed by atoms with Gasteiger partial charge in [0.15, 0.2) is 11.5 Å². The predicted molar refractivity (Wildman–Crippen MR) is 114 cm³/mol. The summed E-state index contributed by atoms with van der Waals surface area (Å²) in [6.45, 7) is 4.76. The molecule has 2 aromatic carbocycles. The molecule has 0 heterocycles. The van der Waals surface area contributed by atoms with Gasteiger partial charge in [-0.3, -0.25) is 0 Å². The van der Waals surface area contributed by atoms with Crippen molar-refractivity contribution in [2.45, 2.75) is 26.2 Å². The Hall–Kier alpha value is -1.57. The van der Waals surface area contributed by atoms with Gasteiger partial charge < -0.3 is 25.2 Å². The van der Waals surface area contributed by atoms with Crippen LogP contribution in [0.25, 0.3) is 0 Å². The maximum Gasteiger partial charge on any atom is 0.161 e. The molecule has 8 heteroatoms. The molecule has 0 radical (unpaired) electrons. The minimum atomic E-state index is -0.337. The molecule has 0 aliphatic carbocycles. The fourth-order valence-electron chi connectivity index (χ4n) is 2.43. The molecule has 0 amide bonds. The van der Waals surface area contributed by atoms with Gasteiger partial charge in [0, 0.05) is 31.7 Å². The Bertz CT molecular complexity index is 690. The maximum atomic E-state index is 13.7. The normalized spacial score (nSPS) is 11.1. The molecule has 0 bridgehead atoms. The third-order valence-electron chi connectivity index (χ3n) is 3.82. The molecular weight excluding hydrogens is 406 g/mol. The highest BCUT2D eigenvalue weighted by Crippen LogP contribution is 2.29. The predicted octanol–water partition coefficient (Wildman–Crippen LogP) is 3.32. The second kappa shape index (κ2) is 14.4. The lowest BCUT2D eigenvalue weighted by molar-refractivity contribution is 0.191. The number of halogens is 3. The zero-order chi connectivity index (χ0) is 18.8. The number of ether oxygens (including phenoxy) is 2. The smallest absolute Gasteiger partial charge is 0.161 e. The van der Waals surface area contributed by atoms with Crippen LogP contribution in [0.5, 0.6) is 11.5 Å². The second-order valence-electron chi connectivity index (χ2n) is 6.10. The van der Waals surface area contributed by atoms with Crippen molar-refractivity contribution in [2.24, 2.45) is 0 Å². The van der Waals surface area contributed by atoms with Crippen molar-refractivity contribution in [3.8, 4) is 11.5 Å². The minimum absolute atomic E-state index is 0. The summed E-state index contributed by atoms with van der Waals surface area (Å²) < 4.78 is 24.8. The standard InChI is InChI=1S/C20H27FN2O3.2ClH/c1-15(24)12-22-9-10-23-13-16-7-8-19(20(11-16)25-2)26-14-17-5-3-4-6-18(17)21;;/h3-8,11,15,22-24H,9-10,12-14H2,1-2H3;2*1H. The maximum absolute atomic E-state index is 13.7. The number of hydrogen-bond donors (Lipinski definition) is 3. The summed E-state index contributed by atoms with van der Waals surface area (Å²) in [5.74, 6) is 0.919. The number of methoxy groups -OCH3 is 1. The lowest BCUT2D eigenvalue weighted by atomic mass is 10.2. The van der Waals surface area contributed by atoms with Crippen LogP contribution in [-0.2, 0) is 13.2 Å². The topological polar surface area (TPSA) is 62.8 Å². The molecule has 0 aromatic heterocycles. The lowest BCUT2D eigenvalue weighted by Crippen LogP contribution is -2.31. The van der Waals surface area contributed by atoms with Crippen molar-refractivity contribution in [3.63, 3.8) is 0 Å². The molecule has 0 fully saturated rings. The van der Waals surface area contributed by atoms with Crippen LogP contribution in [-0.4, -0.2) is 38.0 Å². The van der Waals surface area contributed by atoms with Gasteiger partial charge in [-0.2, -0.15) is 0 Å². The van der Waals surface area contributed by atoms with Gasteiger partial charge in [0.05, 0.1) is 13.2 Å². The van der Waals surface area contributed by atoms with E-state index in [1.807, 2.05) is 18.2 Å². The Morgan fingerprint density at radius 1 is 1.04 bits per heavy atom. The first-order valence-electron chi connectivity index (χ1n) is 8.72. The van der Waals surface area contributed by atoms with Crippen molar-refractivity contribution in [1.29, 1.82) is 0 Å². The van der Waals surface area contributed by atoms with Gasteiger partial charge >= 0.3 is 0 Å². The molecule has 1 unspecified atom stereocenters. The monoisotopic (exact) mass is 434 g/mol. The molecule has 0 saturated heterocycles. The quantitative estimate of drug-likeness (QED) is 0.473. The molecule has 158 valence electrons. The number of aliphatic hydroxyl groups excluding tert-OH is 1. The third kappa shape index (κ3) is 9.08. The molecule has 2 rings (SSSR count). The average molecular weight is 435 g/mol. The van der Waals surface area contributed by atoms with Gasteiger partial charge in [0.2, 0.25) is 0 Å². The zero-order valence-corrected chi connectivity index (χ0v) is 17.7. The van der Waals surface area contributed by atoms with Crippen molar-refractivity contribution in [2.75, 3.05) is 26.7 Å². The molecule has 1 atom stereocenters. The van der Waals surface area contributed by atoms with E-state index < -0.39 is 0 Å². The van der Waals surface area contributed by atoms with E-state index in [2.05, 4.69) is 10.6 Å². The Kier molecular flexibility index (Phi) is 13.6. The van der Waals surface area contributed by atoms with E-state index >= 15 is 0 Å². The second-order valence-corrected chi connectivity index (χ2v) is 6.10. The summed E-state index contributed by atoms with van der Waals surface area (Å²) in [6, 6.07) is 12.3. The van der Waals surface area contributed by atoms with E-state index in [-0.39, 0.29) is 43.3 Å². The van der Waals surface area contributed by atoms with E-state index in [4.69, 9.17) is 9.47 Å². The van der Waals surface area contributed by atoms with Crippen molar-refractivity contribution in [3.05, 3.63) is 59.4 Å². The van der Waals surface area contributed by atoms with Gasteiger partial charge in [0.1, 0.15) is 12.4 Å². The molecule has 28 heavy (non-hydrogen) atoms. The van der Waals surface area contributed by atoms with Crippen LogP contribution >= 0.6 is 24.8 Å². The first-order valence-corrected chi connectivity index (χ1v) is 8.72. The Morgan fingerprint density at radius 3 is 2.43 bits per heavy atom. The van der Waals surface area contributed by atoms with E-state index in [9.17, 15) is 9.50 Å². The summed E-state index contributed by atoms with van der Waals surface area (Å²) >= 11 is 0. The highest BCUT2D eigenvalue weighted by atomic mass is 35.5. The largest absolute Gasteiger partial charge is 0.493 e. The van der Waals surface area contributed by atoms with Crippen molar-refractivity contribution >= 4 is 24.8 Å². The minimum Gasteiger partial charge on any atom is -0.493 e. The molecule has 3 N–H and O–H groups in total. The van der Waals surface area contributed by atoms with Crippen LogP contribution in [0.4, 0.5) is 4.39 Å². The summed E-state index contributed by atoms with van der Waals surface area (Å²) in [7, 11) is 1.59. The number of nitrogens with one attached hydrogen (secondary N) is 2. The van der Waals surface area contributed by atoms with Crippen LogP contribution in [0.2, 0.25) is 0 Å². The van der Waals surface area contributed by atoms with Crippen molar-refractivity contribution < 1.29 is 19.0 Å². The molecule has 0 spiro atoms. The van der Waals surface area contributed by atoms with Gasteiger partial charge in [-0.15, -0.1) is 24.8 Å². The molecular formula is C20H29Cl2FN2O3. The fourth-order valence-corrected chi connectivity index (χ4v) is 2.43. The van der Waals surface area contributed by atoms with Gasteiger partial charge in [0.25, 0.3) is 0 Å². The number of rotatable bonds is 11. The van der Waals surface area contributed by atoms with Crippen LogP contribution in [0.1, 0.15) is 18.1 Å². The Labute approximate surface area is 178 Å². The van der Waals surface area contributed by atoms with E-state index in [0.717, 1.165) is 18.7 Å². The molecule has 0 saturated carbocycles. The molecule has 5 nitrogen and oxygen atoms in total. The SMILES string of the molecule is COc1cc(CNCCNCC(C)O)ccc1OCc1ccccc1F.Cl.Cl. The van der Waals surface area contributed by atoms with Crippen LogP contribution in [0.3, 0.4) is 0 Å². The number of benzene rings is 2. The van der Waals surface area contributed by atoms with Crippen molar-refractivity contribution in [1.82, 2.24) is 10.6 Å². The first-order chi connectivity index (χ1) is 12.6. The summed E-state index contributed by atoms with van der Waals surface area (Å²) in [5.41, 5.74) is 1.57. The molecule has 2 aromatic rings.